The van der Waals surface area contributed by atoms with Gasteiger partial charge >= 0.3 is 0 Å². The first-order valence-electron chi connectivity index (χ1n) is 10.5. The van der Waals surface area contributed by atoms with E-state index in [2.05, 4.69) is 20.8 Å². The van der Waals surface area contributed by atoms with Gasteiger partial charge in [0.25, 0.3) is 11.7 Å². The van der Waals surface area contributed by atoms with Crippen molar-refractivity contribution in [3.63, 3.8) is 0 Å². The molecule has 1 amide bonds. The van der Waals surface area contributed by atoms with Gasteiger partial charge in [-0.2, -0.15) is 0 Å². The lowest BCUT2D eigenvalue weighted by Gasteiger charge is -2.31. The van der Waals surface area contributed by atoms with Crippen LogP contribution < -0.4 is 4.74 Å². The minimum Gasteiger partial charge on any atom is -0.507 e. The molecule has 168 valence electrons. The predicted octanol–water partition coefficient (Wildman–Crippen LogP) is 3.21. The monoisotopic (exact) mass is 500 g/mol. The van der Waals surface area contributed by atoms with Crippen molar-refractivity contribution < 1.29 is 24.2 Å². The average Bonchev–Trinajstić information content (AvgIpc) is 3.08. The number of rotatable bonds is 6. The molecule has 0 saturated carbocycles. The summed E-state index contributed by atoms with van der Waals surface area (Å²) in [5.74, 6) is -0.950. The number of para-hydroxylation sites is 1. The molecule has 2 aromatic carbocycles. The van der Waals surface area contributed by atoms with Crippen LogP contribution in [0.2, 0.25) is 0 Å². The Kier molecular flexibility index (Phi) is 6.93. The summed E-state index contributed by atoms with van der Waals surface area (Å²) in [6, 6.07) is 13.5. The number of ether oxygens (including phenoxy) is 2. The third kappa shape index (κ3) is 4.44. The number of Topliss-reactive ketones (excluding diaryl/α,β-unsaturated/α-hetero) is 1. The molecule has 0 unspecified atom stereocenters. The fourth-order valence-electron chi connectivity index (χ4n) is 4.16. The number of aliphatic hydroxyl groups is 1. The van der Waals surface area contributed by atoms with E-state index in [1.54, 1.807) is 42.3 Å². The lowest BCUT2D eigenvalue weighted by atomic mass is 9.94. The van der Waals surface area contributed by atoms with Crippen LogP contribution in [0.15, 0.2) is 58.6 Å². The maximum Gasteiger partial charge on any atom is 0.295 e. The molecule has 8 heteroatoms. The van der Waals surface area contributed by atoms with E-state index in [0.717, 1.165) is 17.6 Å². The van der Waals surface area contributed by atoms with Crippen LogP contribution in [-0.4, -0.2) is 73.1 Å². The highest BCUT2D eigenvalue weighted by atomic mass is 79.9. The number of halogens is 1. The third-order valence-electron chi connectivity index (χ3n) is 5.85. The largest absolute Gasteiger partial charge is 0.507 e. The van der Waals surface area contributed by atoms with E-state index in [1.807, 2.05) is 18.2 Å². The van der Waals surface area contributed by atoms with Gasteiger partial charge in [0.1, 0.15) is 11.5 Å². The molecular weight excluding hydrogens is 476 g/mol. The lowest BCUT2D eigenvalue weighted by Crippen LogP contribution is -2.42. The molecule has 4 rings (SSSR count). The maximum atomic E-state index is 13.1. The number of carbonyl (C=O) groups is 2. The van der Waals surface area contributed by atoms with Crippen molar-refractivity contribution in [3.05, 3.63) is 69.7 Å². The molecule has 2 fully saturated rings. The van der Waals surface area contributed by atoms with Crippen molar-refractivity contribution in [3.8, 4) is 5.75 Å². The van der Waals surface area contributed by atoms with E-state index in [4.69, 9.17) is 9.47 Å². The fourth-order valence-corrected chi connectivity index (χ4v) is 4.43. The number of ketones is 1. The molecule has 1 N–H and O–H groups in total. The first-order chi connectivity index (χ1) is 15.5. The highest BCUT2D eigenvalue weighted by molar-refractivity contribution is 9.10. The van der Waals surface area contributed by atoms with Crippen molar-refractivity contribution in [1.29, 1.82) is 0 Å². The van der Waals surface area contributed by atoms with Crippen molar-refractivity contribution in [2.24, 2.45) is 0 Å². The number of hydrogen-bond donors (Lipinski definition) is 1. The molecule has 2 saturated heterocycles. The van der Waals surface area contributed by atoms with E-state index >= 15 is 0 Å². The molecular formula is C24H25BrN2O5. The lowest BCUT2D eigenvalue weighted by molar-refractivity contribution is -0.140. The molecule has 2 aliphatic rings. The summed E-state index contributed by atoms with van der Waals surface area (Å²) in [6.07, 6.45) is 0. The van der Waals surface area contributed by atoms with Gasteiger partial charge in [0.2, 0.25) is 0 Å². The summed E-state index contributed by atoms with van der Waals surface area (Å²) in [7, 11) is 1.55. The van der Waals surface area contributed by atoms with Gasteiger partial charge < -0.3 is 19.5 Å². The Labute approximate surface area is 195 Å². The fraction of sp³-hybridized carbons (Fsp3) is 0.333. The molecule has 1 atom stereocenters. The molecule has 32 heavy (non-hydrogen) atoms. The number of nitrogens with zero attached hydrogens (tertiary/aromatic N) is 2. The molecule has 0 aliphatic carbocycles. The predicted molar refractivity (Wildman–Crippen MR) is 123 cm³/mol. The first-order valence-corrected chi connectivity index (χ1v) is 11.3. The summed E-state index contributed by atoms with van der Waals surface area (Å²) in [5.41, 5.74) is 1.21. The van der Waals surface area contributed by atoms with E-state index in [-0.39, 0.29) is 11.3 Å². The Bertz CT molecular complexity index is 1030. The van der Waals surface area contributed by atoms with Crippen LogP contribution >= 0.6 is 15.9 Å². The van der Waals surface area contributed by atoms with Crippen LogP contribution in [0.1, 0.15) is 17.2 Å². The summed E-state index contributed by atoms with van der Waals surface area (Å²) in [4.78, 5) is 30.0. The van der Waals surface area contributed by atoms with Crippen molar-refractivity contribution >= 4 is 33.4 Å². The van der Waals surface area contributed by atoms with Gasteiger partial charge in [-0.25, -0.2) is 0 Å². The highest BCUT2D eigenvalue weighted by Gasteiger charge is 2.47. The SMILES string of the molecule is COc1ccccc1[C@@H]1/C(=C(\O)c2ccc(Br)cc2)C(=O)C(=O)N1CCN1CCOCC1. The first kappa shape index (κ1) is 22.5. The number of amides is 1. The molecule has 7 nitrogen and oxygen atoms in total. The summed E-state index contributed by atoms with van der Waals surface area (Å²) >= 11 is 3.38. The van der Waals surface area contributed by atoms with Crippen molar-refractivity contribution in [2.45, 2.75) is 6.04 Å². The van der Waals surface area contributed by atoms with Gasteiger partial charge in [-0.1, -0.05) is 46.3 Å². The maximum absolute atomic E-state index is 13.1. The second-order valence-electron chi connectivity index (χ2n) is 7.70. The van der Waals surface area contributed by atoms with Gasteiger partial charge in [-0.3, -0.25) is 14.5 Å². The Morgan fingerprint density at radius 2 is 1.78 bits per heavy atom. The van der Waals surface area contributed by atoms with Crippen LogP contribution in [0.4, 0.5) is 0 Å². The molecule has 0 aromatic heterocycles. The second kappa shape index (κ2) is 9.85. The zero-order chi connectivity index (χ0) is 22.7. The summed E-state index contributed by atoms with van der Waals surface area (Å²) < 4.78 is 11.8. The Hall–Kier alpha value is -2.68. The molecule has 0 bridgehead atoms. The van der Waals surface area contributed by atoms with Gasteiger partial charge in [0.05, 0.1) is 31.9 Å². The normalized spacial score (nSPS) is 21.2. The van der Waals surface area contributed by atoms with E-state index < -0.39 is 17.7 Å². The van der Waals surface area contributed by atoms with Crippen molar-refractivity contribution in [1.82, 2.24) is 9.80 Å². The van der Waals surface area contributed by atoms with Crippen molar-refractivity contribution in [2.75, 3.05) is 46.5 Å². The number of morpholine rings is 1. The van der Waals surface area contributed by atoms with Gasteiger partial charge in [0, 0.05) is 41.8 Å². The molecule has 2 aromatic rings. The Morgan fingerprint density at radius 1 is 1.09 bits per heavy atom. The number of hydrogen-bond acceptors (Lipinski definition) is 6. The van der Waals surface area contributed by atoms with E-state index in [9.17, 15) is 14.7 Å². The van der Waals surface area contributed by atoms with E-state index in [1.165, 1.54) is 0 Å². The number of methoxy groups -OCH3 is 1. The zero-order valence-corrected chi connectivity index (χ0v) is 19.4. The van der Waals surface area contributed by atoms with Crippen LogP contribution in [-0.2, 0) is 14.3 Å². The average molecular weight is 501 g/mol. The highest BCUT2D eigenvalue weighted by Crippen LogP contribution is 2.42. The zero-order valence-electron chi connectivity index (χ0n) is 17.8. The third-order valence-corrected chi connectivity index (χ3v) is 6.38. The van der Waals surface area contributed by atoms with Gasteiger partial charge in [-0.15, -0.1) is 0 Å². The smallest absolute Gasteiger partial charge is 0.295 e. The number of carbonyl (C=O) groups excluding carboxylic acids is 2. The molecule has 2 heterocycles. The minimum atomic E-state index is -0.740. The number of benzene rings is 2. The molecule has 0 spiro atoms. The summed E-state index contributed by atoms with van der Waals surface area (Å²) in [6.45, 7) is 3.83. The van der Waals surface area contributed by atoms with Crippen LogP contribution in [0.3, 0.4) is 0 Å². The van der Waals surface area contributed by atoms with E-state index in [0.29, 0.717) is 43.2 Å². The molecule has 2 aliphatic heterocycles. The minimum absolute atomic E-state index is 0.0730. The Balaban J connectivity index is 1.77. The second-order valence-corrected chi connectivity index (χ2v) is 8.61. The Morgan fingerprint density at radius 3 is 2.47 bits per heavy atom. The van der Waals surface area contributed by atoms with Crippen LogP contribution in [0, 0.1) is 0 Å². The van der Waals surface area contributed by atoms with Gasteiger partial charge in [0.15, 0.2) is 0 Å². The number of aliphatic hydroxyl groups excluding tert-OH is 1. The quantitative estimate of drug-likeness (QED) is 0.372. The van der Waals surface area contributed by atoms with Gasteiger partial charge in [-0.05, 0) is 18.2 Å². The topological polar surface area (TPSA) is 79.3 Å². The standard InChI is InChI=1S/C24H25BrN2O5/c1-31-19-5-3-2-4-18(19)21-20(22(28)16-6-8-17(25)9-7-16)23(29)24(30)27(21)11-10-26-12-14-32-15-13-26/h2-9,21,28H,10-15H2,1H3/b22-20+/t21-/m1/s1. The number of likely N-dealkylation sites (tertiary alicyclic amines) is 1. The summed E-state index contributed by atoms with van der Waals surface area (Å²) in [5, 5.41) is 11.1. The van der Waals surface area contributed by atoms with Crippen LogP contribution in [0.25, 0.3) is 5.76 Å². The van der Waals surface area contributed by atoms with Crippen LogP contribution in [0.5, 0.6) is 5.75 Å². The molecule has 0 radical (unpaired) electrons.